The van der Waals surface area contributed by atoms with Crippen LogP contribution in [0.5, 0.6) is 5.75 Å². The zero-order valence-corrected chi connectivity index (χ0v) is 20.4. The molecule has 0 saturated heterocycles. The van der Waals surface area contributed by atoms with Crippen LogP contribution in [0.4, 0.5) is 18.9 Å². The summed E-state index contributed by atoms with van der Waals surface area (Å²) in [5.74, 6) is -2.36. The van der Waals surface area contributed by atoms with Crippen molar-refractivity contribution in [2.24, 2.45) is 0 Å². The van der Waals surface area contributed by atoms with Gasteiger partial charge in [-0.05, 0) is 58.6 Å². The molecule has 0 heterocycles. The van der Waals surface area contributed by atoms with Gasteiger partial charge in [0.1, 0.15) is 12.4 Å². The number of hydrogen-bond acceptors (Lipinski definition) is 5. The zero-order chi connectivity index (χ0) is 24.9. The van der Waals surface area contributed by atoms with Crippen LogP contribution in [0.25, 0.3) is 0 Å². The van der Waals surface area contributed by atoms with E-state index < -0.39 is 32.5 Å². The van der Waals surface area contributed by atoms with E-state index in [1.807, 2.05) is 19.6 Å². The smallest absolute Gasteiger partial charge is 0.471 e. The number of amides is 2. The lowest BCUT2D eigenvalue weighted by Crippen LogP contribution is -2.51. The van der Waals surface area contributed by atoms with Gasteiger partial charge in [-0.3, -0.25) is 14.4 Å². The standard InChI is InChI=1S/C21H31F3N2O5Si/c1-13(2)26(20(29)21(22,23)24)11-17(31-32(5,6)7)12-30-19-9-8-16(25-15(4)28)10-18(19)14(3)27/h8-10,13,17H,11-12H2,1-7H3,(H,25,28). The van der Waals surface area contributed by atoms with Gasteiger partial charge in [0.25, 0.3) is 0 Å². The quantitative estimate of drug-likeness (QED) is 0.403. The Morgan fingerprint density at radius 3 is 2.16 bits per heavy atom. The largest absolute Gasteiger partial charge is 0.490 e. The Labute approximate surface area is 187 Å². The van der Waals surface area contributed by atoms with Crippen molar-refractivity contribution < 1.29 is 36.7 Å². The lowest BCUT2D eigenvalue weighted by Gasteiger charge is -2.34. The number of hydrogen-bond donors (Lipinski definition) is 1. The molecule has 0 radical (unpaired) electrons. The van der Waals surface area contributed by atoms with Crippen molar-refractivity contribution in [2.45, 2.75) is 65.7 Å². The van der Waals surface area contributed by atoms with Crippen LogP contribution in [0.15, 0.2) is 18.2 Å². The highest BCUT2D eigenvalue weighted by molar-refractivity contribution is 6.69. The van der Waals surface area contributed by atoms with Crippen molar-refractivity contribution in [3.8, 4) is 5.75 Å². The molecule has 0 saturated carbocycles. The fourth-order valence-electron chi connectivity index (χ4n) is 2.93. The number of benzene rings is 1. The number of nitrogens with zero attached hydrogens (tertiary/aromatic N) is 1. The van der Waals surface area contributed by atoms with Gasteiger partial charge in [-0.2, -0.15) is 13.2 Å². The molecule has 1 rings (SSSR count). The zero-order valence-electron chi connectivity index (χ0n) is 19.4. The van der Waals surface area contributed by atoms with E-state index in [1.165, 1.54) is 39.8 Å². The van der Waals surface area contributed by atoms with E-state index >= 15 is 0 Å². The Kier molecular flexibility index (Phi) is 9.46. The Morgan fingerprint density at radius 1 is 1.12 bits per heavy atom. The topological polar surface area (TPSA) is 84.9 Å². The van der Waals surface area contributed by atoms with Crippen molar-refractivity contribution >= 4 is 31.6 Å². The van der Waals surface area contributed by atoms with Crippen LogP contribution in [0.2, 0.25) is 19.6 Å². The number of ether oxygens (including phenoxy) is 1. The molecule has 0 aromatic heterocycles. The van der Waals surface area contributed by atoms with E-state index in [-0.39, 0.29) is 36.2 Å². The number of halogens is 3. The van der Waals surface area contributed by atoms with Gasteiger partial charge in [0.15, 0.2) is 14.1 Å². The number of ketones is 1. The molecule has 0 spiro atoms. The minimum Gasteiger partial charge on any atom is -0.490 e. The molecule has 0 aliphatic rings. The van der Waals surface area contributed by atoms with Crippen molar-refractivity contribution in [3.63, 3.8) is 0 Å². The summed E-state index contributed by atoms with van der Waals surface area (Å²) in [4.78, 5) is 35.9. The normalized spacial score (nSPS) is 13.0. The molecule has 0 aliphatic carbocycles. The van der Waals surface area contributed by atoms with E-state index in [2.05, 4.69) is 5.32 Å². The van der Waals surface area contributed by atoms with Crippen molar-refractivity contribution in [3.05, 3.63) is 23.8 Å². The second kappa shape index (κ2) is 11.0. The van der Waals surface area contributed by atoms with E-state index in [0.29, 0.717) is 10.6 Å². The molecule has 1 N–H and O–H groups in total. The van der Waals surface area contributed by atoms with Gasteiger partial charge in [0, 0.05) is 25.2 Å². The summed E-state index contributed by atoms with van der Waals surface area (Å²) >= 11 is 0. The molecular weight excluding hydrogens is 445 g/mol. The van der Waals surface area contributed by atoms with Crippen molar-refractivity contribution in [1.29, 1.82) is 0 Å². The molecular formula is C21H31F3N2O5Si. The van der Waals surface area contributed by atoms with Crippen LogP contribution < -0.4 is 10.1 Å². The van der Waals surface area contributed by atoms with Gasteiger partial charge < -0.3 is 19.4 Å². The van der Waals surface area contributed by atoms with Gasteiger partial charge in [0.05, 0.1) is 11.7 Å². The molecule has 32 heavy (non-hydrogen) atoms. The lowest BCUT2D eigenvalue weighted by molar-refractivity contribution is -0.188. The van der Waals surface area contributed by atoms with E-state index in [0.717, 1.165) is 0 Å². The molecule has 7 nitrogen and oxygen atoms in total. The first-order valence-corrected chi connectivity index (χ1v) is 13.5. The summed E-state index contributed by atoms with van der Waals surface area (Å²) in [6, 6.07) is 3.79. The molecule has 1 atom stereocenters. The third-order valence-corrected chi connectivity index (χ3v) is 5.19. The number of Topliss-reactive ketones (excluding diaryl/α,β-unsaturated/α-hetero) is 1. The molecule has 0 fully saturated rings. The molecule has 1 unspecified atom stereocenters. The summed E-state index contributed by atoms with van der Waals surface area (Å²) in [7, 11) is -2.22. The lowest BCUT2D eigenvalue weighted by atomic mass is 10.1. The monoisotopic (exact) mass is 476 g/mol. The van der Waals surface area contributed by atoms with E-state index in [9.17, 15) is 27.6 Å². The number of carbonyl (C=O) groups excluding carboxylic acids is 3. The van der Waals surface area contributed by atoms with Crippen LogP contribution in [0, 0.1) is 0 Å². The molecule has 2 amide bonds. The van der Waals surface area contributed by atoms with Gasteiger partial charge in [-0.1, -0.05) is 0 Å². The fourth-order valence-corrected chi connectivity index (χ4v) is 4.07. The Balaban J connectivity index is 3.14. The SMILES string of the molecule is CC(=O)Nc1ccc(OCC(CN(C(=O)C(F)(F)F)C(C)C)O[Si](C)(C)C)c(C(C)=O)c1. The fraction of sp³-hybridized carbons (Fsp3) is 0.571. The summed E-state index contributed by atoms with van der Waals surface area (Å²) in [5.41, 5.74) is 0.613. The van der Waals surface area contributed by atoms with Crippen LogP contribution in [-0.4, -0.2) is 62.3 Å². The second-order valence-electron chi connectivity index (χ2n) is 8.66. The number of nitrogens with one attached hydrogen (secondary N) is 1. The average Bonchev–Trinajstić information content (AvgIpc) is 2.61. The first kappa shape index (κ1) is 27.6. The maximum absolute atomic E-state index is 13.0. The highest BCUT2D eigenvalue weighted by Crippen LogP contribution is 2.25. The van der Waals surface area contributed by atoms with Gasteiger partial charge >= 0.3 is 12.1 Å². The summed E-state index contributed by atoms with van der Waals surface area (Å²) in [5, 5.41) is 2.57. The third-order valence-electron chi connectivity index (χ3n) is 4.15. The maximum Gasteiger partial charge on any atom is 0.471 e. The summed E-state index contributed by atoms with van der Waals surface area (Å²) in [6.07, 6.45) is -5.85. The minimum atomic E-state index is -5.00. The highest BCUT2D eigenvalue weighted by Gasteiger charge is 2.44. The molecule has 11 heteroatoms. The summed E-state index contributed by atoms with van der Waals surface area (Å²) < 4.78 is 50.9. The molecule has 180 valence electrons. The Hall–Kier alpha value is -2.40. The van der Waals surface area contributed by atoms with Crippen LogP contribution in [0.3, 0.4) is 0 Å². The highest BCUT2D eigenvalue weighted by atomic mass is 28.4. The molecule has 0 bridgehead atoms. The van der Waals surface area contributed by atoms with Crippen LogP contribution in [-0.2, 0) is 14.0 Å². The number of carbonyl (C=O) groups is 3. The van der Waals surface area contributed by atoms with Crippen molar-refractivity contribution in [2.75, 3.05) is 18.5 Å². The van der Waals surface area contributed by atoms with Crippen LogP contribution in [0.1, 0.15) is 38.1 Å². The number of anilines is 1. The predicted molar refractivity (Wildman–Crippen MR) is 117 cm³/mol. The number of alkyl halides is 3. The Bertz CT molecular complexity index is 838. The minimum absolute atomic E-state index is 0.168. The first-order valence-electron chi connectivity index (χ1n) is 10.1. The van der Waals surface area contributed by atoms with Gasteiger partial charge in [-0.15, -0.1) is 0 Å². The molecule has 0 aliphatic heterocycles. The van der Waals surface area contributed by atoms with Gasteiger partial charge in [0.2, 0.25) is 5.91 Å². The van der Waals surface area contributed by atoms with E-state index in [1.54, 1.807) is 6.07 Å². The Morgan fingerprint density at radius 2 is 1.72 bits per heavy atom. The van der Waals surface area contributed by atoms with Gasteiger partial charge in [-0.25, -0.2) is 0 Å². The van der Waals surface area contributed by atoms with E-state index in [4.69, 9.17) is 9.16 Å². The van der Waals surface area contributed by atoms with Crippen molar-refractivity contribution in [1.82, 2.24) is 4.90 Å². The van der Waals surface area contributed by atoms with Crippen LogP contribution >= 0.6 is 0 Å². The molecule has 1 aromatic rings. The second-order valence-corrected chi connectivity index (χ2v) is 13.1. The number of rotatable bonds is 10. The average molecular weight is 477 g/mol. The third kappa shape index (κ3) is 8.99. The summed E-state index contributed by atoms with van der Waals surface area (Å²) in [6.45, 7) is 10.8. The maximum atomic E-state index is 13.0. The predicted octanol–water partition coefficient (Wildman–Crippen LogP) is 4.25. The molecule has 1 aromatic carbocycles. The first-order chi connectivity index (χ1) is 14.5.